The van der Waals surface area contributed by atoms with Crippen LogP contribution in [0.4, 0.5) is 16.5 Å². The third-order valence-corrected chi connectivity index (χ3v) is 7.17. The largest absolute Gasteiger partial charge is 0.322 e. The fraction of sp³-hybridized carbons (Fsp3) is 0.115. The number of non-ortho nitro benzene ring substituents is 1. The van der Waals surface area contributed by atoms with Crippen molar-refractivity contribution in [3.05, 3.63) is 99.4 Å². The number of carbonyl (C=O) groups is 2. The molecule has 1 aromatic heterocycles. The summed E-state index contributed by atoms with van der Waals surface area (Å²) >= 11 is 2.79. The van der Waals surface area contributed by atoms with Crippen LogP contribution in [0.1, 0.15) is 22.2 Å². The number of nitro groups is 1. The molecule has 2 amide bonds. The average Bonchev–Trinajstić information content (AvgIpc) is 3.24. The Hall–Kier alpha value is -4.02. The molecule has 3 aromatic carbocycles. The van der Waals surface area contributed by atoms with Crippen LogP contribution in [0.25, 0.3) is 11.3 Å². The van der Waals surface area contributed by atoms with E-state index in [-0.39, 0.29) is 17.5 Å². The van der Waals surface area contributed by atoms with Crippen LogP contribution in [0.3, 0.4) is 0 Å². The van der Waals surface area contributed by atoms with E-state index >= 15 is 0 Å². The van der Waals surface area contributed by atoms with Gasteiger partial charge in [0, 0.05) is 38.7 Å². The van der Waals surface area contributed by atoms with Gasteiger partial charge >= 0.3 is 0 Å². The Morgan fingerprint density at radius 1 is 1.00 bits per heavy atom. The highest BCUT2D eigenvalue weighted by Gasteiger charge is 2.18. The number of nitrogens with one attached hydrogen (secondary N) is 2. The molecule has 0 aliphatic rings. The Morgan fingerprint density at radius 2 is 1.72 bits per heavy atom. The molecule has 8 nitrogen and oxygen atoms in total. The fourth-order valence-electron chi connectivity index (χ4n) is 3.36. The first-order chi connectivity index (χ1) is 17.3. The summed E-state index contributed by atoms with van der Waals surface area (Å²) in [5.41, 5.74) is 2.63. The van der Waals surface area contributed by atoms with E-state index in [1.807, 2.05) is 43.3 Å². The van der Waals surface area contributed by atoms with Crippen molar-refractivity contribution in [2.45, 2.75) is 24.0 Å². The topological polar surface area (TPSA) is 114 Å². The van der Waals surface area contributed by atoms with Gasteiger partial charge in [0.05, 0.1) is 15.9 Å². The van der Waals surface area contributed by atoms with Gasteiger partial charge in [-0.25, -0.2) is 4.98 Å². The van der Waals surface area contributed by atoms with E-state index in [0.29, 0.717) is 16.4 Å². The molecular formula is C26H22N4O4S2. The third kappa shape index (κ3) is 6.15. The first-order valence-electron chi connectivity index (χ1n) is 11.0. The summed E-state index contributed by atoms with van der Waals surface area (Å²) in [6, 6.07) is 22.4. The lowest BCUT2D eigenvalue weighted by Crippen LogP contribution is -2.22. The number of anilines is 2. The molecular weight excluding hydrogens is 496 g/mol. The van der Waals surface area contributed by atoms with Crippen LogP contribution in [-0.4, -0.2) is 27.0 Å². The fourth-order valence-corrected chi connectivity index (χ4v) is 5.13. The number of hydrogen-bond acceptors (Lipinski definition) is 7. The molecule has 0 aliphatic heterocycles. The van der Waals surface area contributed by atoms with Crippen molar-refractivity contribution in [2.75, 3.05) is 10.6 Å². The molecule has 4 rings (SSSR count). The zero-order chi connectivity index (χ0) is 25.7. The predicted molar refractivity (Wildman–Crippen MR) is 144 cm³/mol. The van der Waals surface area contributed by atoms with Crippen LogP contribution in [-0.2, 0) is 4.79 Å². The van der Waals surface area contributed by atoms with Gasteiger partial charge in [0.1, 0.15) is 0 Å². The minimum atomic E-state index is -0.516. The summed E-state index contributed by atoms with van der Waals surface area (Å²) in [5.74, 6) is -0.556. The molecule has 1 atom stereocenters. The smallest absolute Gasteiger partial charge is 0.269 e. The molecule has 1 unspecified atom stereocenters. The van der Waals surface area contributed by atoms with Crippen LogP contribution >= 0.6 is 23.1 Å². The Morgan fingerprint density at radius 3 is 2.42 bits per heavy atom. The second kappa shape index (κ2) is 11.1. The number of aryl methyl sites for hydroxylation is 1. The summed E-state index contributed by atoms with van der Waals surface area (Å²) in [7, 11) is 0. The Balaban J connectivity index is 1.37. The van der Waals surface area contributed by atoms with E-state index in [1.165, 1.54) is 47.4 Å². The van der Waals surface area contributed by atoms with Crippen LogP contribution in [0.2, 0.25) is 0 Å². The van der Waals surface area contributed by atoms with E-state index in [2.05, 4.69) is 15.6 Å². The van der Waals surface area contributed by atoms with Gasteiger partial charge in [-0.2, -0.15) is 0 Å². The second-order valence-corrected chi connectivity index (χ2v) is 10.4. The van der Waals surface area contributed by atoms with Crippen molar-refractivity contribution < 1.29 is 14.5 Å². The zero-order valence-corrected chi connectivity index (χ0v) is 21.1. The molecule has 2 N–H and O–H groups in total. The number of benzene rings is 3. The monoisotopic (exact) mass is 518 g/mol. The van der Waals surface area contributed by atoms with Crippen LogP contribution in [0, 0.1) is 17.0 Å². The predicted octanol–water partition coefficient (Wildman–Crippen LogP) is 6.40. The highest BCUT2D eigenvalue weighted by atomic mass is 32.2. The highest BCUT2D eigenvalue weighted by molar-refractivity contribution is 8.00. The number of nitro benzene ring substituents is 1. The minimum absolute atomic E-state index is 0.0820. The maximum atomic E-state index is 12.8. The maximum absolute atomic E-state index is 12.8. The van der Waals surface area contributed by atoms with Crippen LogP contribution in [0.5, 0.6) is 0 Å². The zero-order valence-electron chi connectivity index (χ0n) is 19.4. The summed E-state index contributed by atoms with van der Waals surface area (Å²) in [6.45, 7) is 3.78. The maximum Gasteiger partial charge on any atom is 0.269 e. The van der Waals surface area contributed by atoms with Gasteiger partial charge in [0.15, 0.2) is 5.13 Å². The number of thiazole rings is 1. The SMILES string of the molecule is Cc1sc(NC(=O)C(C)Sc2cccc(NC(=O)c3ccc([N+](=O)[O-])cc3)c2)nc1-c1ccccc1. The molecule has 0 radical (unpaired) electrons. The summed E-state index contributed by atoms with van der Waals surface area (Å²) < 4.78 is 0. The number of carbonyl (C=O) groups excluding carboxylic acids is 2. The molecule has 0 spiro atoms. The molecule has 0 fully saturated rings. The van der Waals surface area contributed by atoms with Crippen LogP contribution in [0.15, 0.2) is 83.8 Å². The van der Waals surface area contributed by atoms with Gasteiger partial charge in [-0.05, 0) is 44.2 Å². The van der Waals surface area contributed by atoms with Crippen molar-refractivity contribution in [3.63, 3.8) is 0 Å². The van der Waals surface area contributed by atoms with Crippen molar-refractivity contribution in [2.24, 2.45) is 0 Å². The van der Waals surface area contributed by atoms with Crippen LogP contribution < -0.4 is 10.6 Å². The van der Waals surface area contributed by atoms with E-state index in [9.17, 15) is 19.7 Å². The third-order valence-electron chi connectivity index (χ3n) is 5.19. The number of thioether (sulfide) groups is 1. The molecule has 0 aliphatic carbocycles. The summed E-state index contributed by atoms with van der Waals surface area (Å²) in [4.78, 5) is 42.0. The molecule has 0 saturated carbocycles. The van der Waals surface area contributed by atoms with Gasteiger partial charge in [0.25, 0.3) is 11.6 Å². The summed E-state index contributed by atoms with van der Waals surface area (Å²) in [6.07, 6.45) is 0. The normalized spacial score (nSPS) is 11.5. The Bertz CT molecular complexity index is 1410. The number of amides is 2. The van der Waals surface area contributed by atoms with Gasteiger partial charge in [-0.1, -0.05) is 36.4 Å². The first kappa shape index (κ1) is 25.1. The molecule has 10 heteroatoms. The molecule has 36 heavy (non-hydrogen) atoms. The van der Waals surface area contributed by atoms with E-state index in [1.54, 1.807) is 25.1 Å². The molecule has 0 bridgehead atoms. The van der Waals surface area contributed by atoms with Gasteiger partial charge in [0.2, 0.25) is 5.91 Å². The van der Waals surface area contributed by atoms with Crippen molar-refractivity contribution >= 4 is 51.4 Å². The van der Waals surface area contributed by atoms with Gasteiger partial charge in [-0.3, -0.25) is 19.7 Å². The average molecular weight is 519 g/mol. The van der Waals surface area contributed by atoms with E-state index in [0.717, 1.165) is 21.0 Å². The number of nitrogens with zero attached hydrogens (tertiary/aromatic N) is 2. The summed E-state index contributed by atoms with van der Waals surface area (Å²) in [5, 5.41) is 16.6. The standard InChI is InChI=1S/C26H22N4O4S2/c1-16-23(18-7-4-3-5-8-18)28-26(36-16)29-24(31)17(2)35-22-10-6-9-20(15-22)27-25(32)19-11-13-21(14-12-19)30(33)34/h3-15,17H,1-2H3,(H,27,32)(H,28,29,31). The Kier molecular flexibility index (Phi) is 7.77. The number of hydrogen-bond donors (Lipinski definition) is 2. The second-order valence-electron chi connectivity index (χ2n) is 7.83. The minimum Gasteiger partial charge on any atom is -0.322 e. The lowest BCUT2D eigenvalue weighted by Gasteiger charge is -2.12. The van der Waals surface area contributed by atoms with Gasteiger partial charge in [-0.15, -0.1) is 23.1 Å². The Labute approximate surface area is 215 Å². The van der Waals surface area contributed by atoms with Crippen molar-refractivity contribution in [3.8, 4) is 11.3 Å². The quantitative estimate of drug-likeness (QED) is 0.158. The first-order valence-corrected chi connectivity index (χ1v) is 12.7. The van der Waals surface area contributed by atoms with Gasteiger partial charge < -0.3 is 10.6 Å². The molecule has 0 saturated heterocycles. The number of aromatic nitrogens is 1. The van der Waals surface area contributed by atoms with E-state index < -0.39 is 10.2 Å². The lowest BCUT2D eigenvalue weighted by molar-refractivity contribution is -0.384. The molecule has 1 heterocycles. The van der Waals surface area contributed by atoms with Crippen molar-refractivity contribution in [1.82, 2.24) is 4.98 Å². The molecule has 182 valence electrons. The lowest BCUT2D eigenvalue weighted by atomic mass is 10.1. The van der Waals surface area contributed by atoms with E-state index in [4.69, 9.17) is 0 Å². The van der Waals surface area contributed by atoms with Crippen molar-refractivity contribution in [1.29, 1.82) is 0 Å². The molecule has 4 aromatic rings. The number of rotatable bonds is 8. The highest BCUT2D eigenvalue weighted by Crippen LogP contribution is 2.31.